The molecule has 1 aromatic carbocycles. The Morgan fingerprint density at radius 2 is 1.84 bits per heavy atom. The zero-order valence-corrected chi connectivity index (χ0v) is 19.1. The Labute approximate surface area is 188 Å². The summed E-state index contributed by atoms with van der Waals surface area (Å²) in [5.74, 6) is -0.233. The fourth-order valence-corrected chi connectivity index (χ4v) is 4.73. The Kier molecular flexibility index (Phi) is 6.08. The molecule has 160 valence electrons. The molecule has 0 amide bonds. The minimum atomic E-state index is -0.311. The minimum Gasteiger partial charge on any atom is -0.366 e. The molecule has 0 radical (unpaired) electrons. The van der Waals surface area contributed by atoms with Gasteiger partial charge in [0.25, 0.3) is 5.56 Å². The number of aryl methyl sites for hydroxylation is 1. The van der Waals surface area contributed by atoms with Gasteiger partial charge in [-0.3, -0.25) is 9.69 Å². The van der Waals surface area contributed by atoms with Crippen LogP contribution in [0.4, 0.5) is 10.1 Å². The average molecular weight is 484 g/mol. The van der Waals surface area contributed by atoms with Gasteiger partial charge in [0.1, 0.15) is 27.6 Å². The molecule has 3 aromatic rings. The molecular formula is C23H23BrFN5O. The van der Waals surface area contributed by atoms with Crippen LogP contribution in [0.25, 0.3) is 11.0 Å². The molecule has 8 heteroatoms. The van der Waals surface area contributed by atoms with Crippen molar-refractivity contribution in [3.05, 3.63) is 68.3 Å². The lowest BCUT2D eigenvalue weighted by Gasteiger charge is -2.40. The van der Waals surface area contributed by atoms with Crippen molar-refractivity contribution in [2.24, 2.45) is 7.05 Å². The highest BCUT2D eigenvalue weighted by atomic mass is 79.9. The maximum Gasteiger partial charge on any atom is 0.270 e. The maximum absolute atomic E-state index is 13.3. The van der Waals surface area contributed by atoms with Crippen LogP contribution in [0.1, 0.15) is 30.5 Å². The number of rotatable bonds is 4. The van der Waals surface area contributed by atoms with Crippen LogP contribution in [0.2, 0.25) is 0 Å². The molecule has 1 fully saturated rings. The van der Waals surface area contributed by atoms with E-state index in [2.05, 4.69) is 43.7 Å². The Morgan fingerprint density at radius 1 is 1.16 bits per heavy atom. The van der Waals surface area contributed by atoms with Gasteiger partial charge in [0.15, 0.2) is 0 Å². The summed E-state index contributed by atoms with van der Waals surface area (Å²) in [6.07, 6.45) is 0.915. The topological polar surface area (TPSA) is 65.2 Å². The number of nitriles is 1. The van der Waals surface area contributed by atoms with Gasteiger partial charge in [-0.15, -0.1) is 0 Å². The zero-order chi connectivity index (χ0) is 22.1. The van der Waals surface area contributed by atoms with E-state index < -0.39 is 0 Å². The van der Waals surface area contributed by atoms with Gasteiger partial charge in [0.05, 0.1) is 11.2 Å². The Bertz CT molecular complexity index is 1210. The number of hydrogen-bond acceptors (Lipinski definition) is 5. The highest BCUT2D eigenvalue weighted by molar-refractivity contribution is 9.10. The predicted molar refractivity (Wildman–Crippen MR) is 123 cm³/mol. The maximum atomic E-state index is 13.3. The van der Waals surface area contributed by atoms with Gasteiger partial charge in [-0.1, -0.05) is 19.1 Å². The van der Waals surface area contributed by atoms with Crippen LogP contribution in [0, 0.1) is 17.1 Å². The molecule has 1 saturated heterocycles. The predicted octanol–water partition coefficient (Wildman–Crippen LogP) is 3.98. The number of aromatic nitrogens is 2. The molecule has 0 aliphatic carbocycles. The number of pyridine rings is 2. The summed E-state index contributed by atoms with van der Waals surface area (Å²) in [5, 5.41) is 9.76. The summed E-state index contributed by atoms with van der Waals surface area (Å²) < 4.78 is 15.5. The monoisotopic (exact) mass is 483 g/mol. The van der Waals surface area contributed by atoms with Crippen LogP contribution in [0.5, 0.6) is 0 Å². The molecule has 0 N–H and O–H groups in total. The van der Waals surface area contributed by atoms with E-state index >= 15 is 0 Å². The summed E-state index contributed by atoms with van der Waals surface area (Å²) in [6, 6.07) is 12.6. The molecule has 1 atom stereocenters. The van der Waals surface area contributed by atoms with E-state index in [-0.39, 0.29) is 23.0 Å². The number of piperazine rings is 1. The summed E-state index contributed by atoms with van der Waals surface area (Å²) >= 11 is 3.41. The van der Waals surface area contributed by atoms with Crippen LogP contribution in [-0.4, -0.2) is 40.6 Å². The van der Waals surface area contributed by atoms with E-state index in [1.165, 1.54) is 16.7 Å². The number of halogens is 2. The van der Waals surface area contributed by atoms with Crippen molar-refractivity contribution in [2.75, 3.05) is 31.1 Å². The lowest BCUT2D eigenvalue weighted by molar-refractivity contribution is 0.181. The van der Waals surface area contributed by atoms with Crippen molar-refractivity contribution in [2.45, 2.75) is 19.4 Å². The van der Waals surface area contributed by atoms with E-state index in [9.17, 15) is 14.4 Å². The quantitative estimate of drug-likeness (QED) is 0.525. The second-order valence-electron chi connectivity index (χ2n) is 7.70. The van der Waals surface area contributed by atoms with Crippen molar-refractivity contribution >= 4 is 32.7 Å². The van der Waals surface area contributed by atoms with Crippen LogP contribution < -0.4 is 10.5 Å². The molecule has 0 saturated carbocycles. The number of anilines is 1. The SMILES string of the molecule is CC[C@H](c1ccc(F)cc1)N1CCN(c2c(C#N)c(=O)n(C)c3ccc(Br)nc23)CC1. The van der Waals surface area contributed by atoms with Crippen molar-refractivity contribution in [1.82, 2.24) is 14.5 Å². The van der Waals surface area contributed by atoms with Crippen molar-refractivity contribution < 1.29 is 4.39 Å². The molecule has 0 bridgehead atoms. The minimum absolute atomic E-state index is 0.125. The van der Waals surface area contributed by atoms with Gasteiger partial charge < -0.3 is 9.47 Å². The van der Waals surface area contributed by atoms with Gasteiger partial charge in [-0.05, 0) is 52.2 Å². The number of fused-ring (bicyclic) bond motifs is 1. The van der Waals surface area contributed by atoms with Crippen molar-refractivity contribution in [3.8, 4) is 6.07 Å². The van der Waals surface area contributed by atoms with Gasteiger partial charge in [0.2, 0.25) is 0 Å². The van der Waals surface area contributed by atoms with Gasteiger partial charge in [0, 0.05) is 39.3 Å². The first-order valence-corrected chi connectivity index (χ1v) is 11.1. The lowest BCUT2D eigenvalue weighted by atomic mass is 10.0. The fraction of sp³-hybridized carbons (Fsp3) is 0.348. The van der Waals surface area contributed by atoms with Crippen molar-refractivity contribution in [3.63, 3.8) is 0 Å². The third-order valence-electron chi connectivity index (χ3n) is 6.01. The van der Waals surface area contributed by atoms with E-state index in [1.54, 1.807) is 13.1 Å². The first-order valence-electron chi connectivity index (χ1n) is 10.3. The van der Waals surface area contributed by atoms with E-state index in [0.717, 1.165) is 25.1 Å². The van der Waals surface area contributed by atoms with Gasteiger partial charge >= 0.3 is 0 Å². The first kappa shape index (κ1) is 21.5. The molecular weight excluding hydrogens is 461 g/mol. The van der Waals surface area contributed by atoms with Gasteiger partial charge in [-0.25, -0.2) is 9.37 Å². The third-order valence-corrected chi connectivity index (χ3v) is 6.45. The molecule has 31 heavy (non-hydrogen) atoms. The third kappa shape index (κ3) is 3.95. The smallest absolute Gasteiger partial charge is 0.270 e. The Hall–Kier alpha value is -2.76. The van der Waals surface area contributed by atoms with Crippen LogP contribution in [0.3, 0.4) is 0 Å². The summed E-state index contributed by atoms with van der Waals surface area (Å²) in [6.45, 7) is 5.01. The molecule has 2 aromatic heterocycles. The Balaban J connectivity index is 1.67. The molecule has 1 aliphatic heterocycles. The Morgan fingerprint density at radius 3 is 2.45 bits per heavy atom. The standard InChI is InChI=1S/C23H23BrFN5O/c1-3-18(15-4-6-16(25)7-5-15)29-10-12-30(13-11-29)22-17(14-26)23(31)28(2)19-8-9-20(24)27-21(19)22/h4-9,18H,3,10-13H2,1-2H3/t18-/m1/s1. The summed E-state index contributed by atoms with van der Waals surface area (Å²) in [5.41, 5.74) is 2.86. The average Bonchev–Trinajstić information content (AvgIpc) is 2.78. The molecule has 0 spiro atoms. The number of nitrogens with zero attached hydrogens (tertiary/aromatic N) is 5. The van der Waals surface area contributed by atoms with E-state index in [1.807, 2.05) is 18.2 Å². The normalized spacial score (nSPS) is 15.8. The largest absolute Gasteiger partial charge is 0.366 e. The molecule has 0 unspecified atom stereocenters. The van der Waals surface area contributed by atoms with Gasteiger partial charge in [-0.2, -0.15) is 5.26 Å². The second-order valence-corrected chi connectivity index (χ2v) is 8.51. The van der Waals surface area contributed by atoms with Crippen LogP contribution >= 0.6 is 15.9 Å². The highest BCUT2D eigenvalue weighted by Gasteiger charge is 2.28. The first-order chi connectivity index (χ1) is 14.9. The zero-order valence-electron chi connectivity index (χ0n) is 17.5. The van der Waals surface area contributed by atoms with Crippen LogP contribution in [-0.2, 0) is 7.05 Å². The molecule has 6 nitrogen and oxygen atoms in total. The number of hydrogen-bond donors (Lipinski definition) is 0. The molecule has 1 aliphatic rings. The van der Waals surface area contributed by atoms with Crippen molar-refractivity contribution in [1.29, 1.82) is 5.26 Å². The summed E-state index contributed by atoms with van der Waals surface area (Å²) in [7, 11) is 1.66. The number of benzene rings is 1. The lowest BCUT2D eigenvalue weighted by Crippen LogP contribution is -2.48. The van der Waals surface area contributed by atoms with Crippen LogP contribution in [0.15, 0.2) is 45.8 Å². The second kappa shape index (κ2) is 8.77. The fourth-order valence-electron chi connectivity index (χ4n) is 4.43. The highest BCUT2D eigenvalue weighted by Crippen LogP contribution is 2.31. The van der Waals surface area contributed by atoms with E-state index in [0.29, 0.717) is 34.4 Å². The van der Waals surface area contributed by atoms with E-state index in [4.69, 9.17) is 0 Å². The molecule has 3 heterocycles. The summed E-state index contributed by atoms with van der Waals surface area (Å²) in [4.78, 5) is 21.9. The molecule has 4 rings (SSSR count).